The van der Waals surface area contributed by atoms with Crippen LogP contribution in [0.5, 0.6) is 0 Å². The smallest absolute Gasteiger partial charge is 0.263 e. The third kappa shape index (κ3) is 4.11. The van der Waals surface area contributed by atoms with Crippen molar-refractivity contribution < 1.29 is 13.6 Å². The van der Waals surface area contributed by atoms with Gasteiger partial charge in [0, 0.05) is 11.3 Å². The van der Waals surface area contributed by atoms with Gasteiger partial charge in [0.25, 0.3) is 6.43 Å². The van der Waals surface area contributed by atoms with Crippen molar-refractivity contribution in [3.05, 3.63) is 29.8 Å². The molecule has 1 amide bonds. The maximum atomic E-state index is 12.4. The van der Waals surface area contributed by atoms with E-state index in [1.165, 1.54) is 18.2 Å². The normalized spacial score (nSPS) is 12.5. The molecule has 0 bridgehead atoms. The van der Waals surface area contributed by atoms with Gasteiger partial charge in [0.05, 0.1) is 6.04 Å². The van der Waals surface area contributed by atoms with E-state index in [0.29, 0.717) is 12.1 Å². The molecule has 1 aromatic carbocycles. The Kier molecular flexibility index (Phi) is 5.03. The van der Waals surface area contributed by atoms with E-state index < -0.39 is 12.5 Å². The minimum absolute atomic E-state index is 0.119. The molecule has 0 saturated heterocycles. The average molecular weight is 242 g/mol. The summed E-state index contributed by atoms with van der Waals surface area (Å²) < 4.78 is 24.9. The van der Waals surface area contributed by atoms with Crippen molar-refractivity contribution in [1.29, 1.82) is 0 Å². The molecular formula is C12H16F2N2O. The fourth-order valence-corrected chi connectivity index (χ4v) is 1.43. The van der Waals surface area contributed by atoms with Crippen LogP contribution in [0.25, 0.3) is 0 Å². The van der Waals surface area contributed by atoms with E-state index in [9.17, 15) is 13.6 Å². The van der Waals surface area contributed by atoms with Gasteiger partial charge < -0.3 is 11.1 Å². The van der Waals surface area contributed by atoms with Gasteiger partial charge in [0.15, 0.2) is 0 Å². The number of halogens is 2. The van der Waals surface area contributed by atoms with Crippen LogP contribution < -0.4 is 11.1 Å². The zero-order chi connectivity index (χ0) is 12.8. The summed E-state index contributed by atoms with van der Waals surface area (Å²) in [7, 11) is 0. The van der Waals surface area contributed by atoms with E-state index in [0.717, 1.165) is 6.42 Å². The number of anilines is 1. The van der Waals surface area contributed by atoms with Gasteiger partial charge in [-0.05, 0) is 18.6 Å². The first-order valence-corrected chi connectivity index (χ1v) is 5.49. The SMILES string of the molecule is CCCC(N)C(=O)Nc1cccc(C(F)F)c1. The summed E-state index contributed by atoms with van der Waals surface area (Å²) in [6.07, 6.45) is -1.18. The van der Waals surface area contributed by atoms with E-state index in [1.54, 1.807) is 6.07 Å². The van der Waals surface area contributed by atoms with Crippen molar-refractivity contribution in [2.75, 3.05) is 5.32 Å². The van der Waals surface area contributed by atoms with E-state index in [-0.39, 0.29) is 11.5 Å². The highest BCUT2D eigenvalue weighted by atomic mass is 19.3. The molecule has 1 aromatic rings. The molecule has 0 aliphatic heterocycles. The summed E-state index contributed by atoms with van der Waals surface area (Å²) in [5, 5.41) is 2.52. The number of benzene rings is 1. The number of hydrogen-bond donors (Lipinski definition) is 2. The average Bonchev–Trinajstić information content (AvgIpc) is 2.29. The van der Waals surface area contributed by atoms with Gasteiger partial charge in [-0.3, -0.25) is 4.79 Å². The van der Waals surface area contributed by atoms with E-state index in [4.69, 9.17) is 5.73 Å². The van der Waals surface area contributed by atoms with Crippen molar-refractivity contribution in [2.24, 2.45) is 5.73 Å². The third-order valence-corrected chi connectivity index (χ3v) is 2.34. The molecule has 0 spiro atoms. The predicted octanol–water partition coefficient (Wildman–Crippen LogP) is 2.69. The second kappa shape index (κ2) is 6.30. The van der Waals surface area contributed by atoms with Gasteiger partial charge in [-0.1, -0.05) is 25.5 Å². The molecule has 0 radical (unpaired) electrons. The predicted molar refractivity (Wildman–Crippen MR) is 62.9 cm³/mol. The minimum atomic E-state index is -2.55. The molecule has 5 heteroatoms. The van der Waals surface area contributed by atoms with Crippen LogP contribution in [0.2, 0.25) is 0 Å². The Morgan fingerprint density at radius 2 is 2.18 bits per heavy atom. The molecule has 3 N–H and O–H groups in total. The number of nitrogens with one attached hydrogen (secondary N) is 1. The third-order valence-electron chi connectivity index (χ3n) is 2.34. The second-order valence-corrected chi connectivity index (χ2v) is 3.81. The Morgan fingerprint density at radius 1 is 1.47 bits per heavy atom. The van der Waals surface area contributed by atoms with Crippen LogP contribution in [0.4, 0.5) is 14.5 Å². The zero-order valence-corrected chi connectivity index (χ0v) is 9.62. The molecule has 3 nitrogen and oxygen atoms in total. The molecule has 0 aliphatic carbocycles. The molecule has 0 aromatic heterocycles. The maximum Gasteiger partial charge on any atom is 0.263 e. The Labute approximate surface area is 99.0 Å². The molecule has 94 valence electrons. The molecule has 0 heterocycles. The van der Waals surface area contributed by atoms with E-state index >= 15 is 0 Å². The fourth-order valence-electron chi connectivity index (χ4n) is 1.43. The number of amides is 1. The first kappa shape index (κ1) is 13.6. The summed E-state index contributed by atoms with van der Waals surface area (Å²) in [5.41, 5.74) is 5.84. The van der Waals surface area contributed by atoms with Crippen molar-refractivity contribution in [2.45, 2.75) is 32.2 Å². The lowest BCUT2D eigenvalue weighted by Crippen LogP contribution is -2.35. The van der Waals surface area contributed by atoms with E-state index in [1.807, 2.05) is 6.92 Å². The van der Waals surface area contributed by atoms with Crippen LogP contribution in [-0.2, 0) is 4.79 Å². The Morgan fingerprint density at radius 3 is 2.76 bits per heavy atom. The van der Waals surface area contributed by atoms with Crippen LogP contribution in [0.3, 0.4) is 0 Å². The van der Waals surface area contributed by atoms with E-state index in [2.05, 4.69) is 5.32 Å². The lowest BCUT2D eigenvalue weighted by atomic mass is 10.1. The standard InChI is InChI=1S/C12H16F2N2O/c1-2-4-10(15)12(17)16-9-6-3-5-8(7-9)11(13)14/h3,5-7,10-11H,2,4,15H2,1H3,(H,16,17). The van der Waals surface area contributed by atoms with Gasteiger partial charge in [0.1, 0.15) is 0 Å². The first-order valence-electron chi connectivity index (χ1n) is 5.49. The van der Waals surface area contributed by atoms with Gasteiger partial charge in [0.2, 0.25) is 5.91 Å². The van der Waals surface area contributed by atoms with Crippen LogP contribution in [0.1, 0.15) is 31.8 Å². The molecule has 1 atom stereocenters. The highest BCUT2D eigenvalue weighted by Crippen LogP contribution is 2.21. The number of nitrogens with two attached hydrogens (primary N) is 1. The van der Waals surface area contributed by atoms with Crippen LogP contribution in [-0.4, -0.2) is 11.9 Å². The maximum absolute atomic E-state index is 12.4. The molecule has 17 heavy (non-hydrogen) atoms. The lowest BCUT2D eigenvalue weighted by Gasteiger charge is -2.11. The van der Waals surface area contributed by atoms with Gasteiger partial charge in [-0.15, -0.1) is 0 Å². The summed E-state index contributed by atoms with van der Waals surface area (Å²) in [4.78, 5) is 11.6. The lowest BCUT2D eigenvalue weighted by molar-refractivity contribution is -0.117. The number of carbonyl (C=O) groups is 1. The van der Waals surface area contributed by atoms with Gasteiger partial charge >= 0.3 is 0 Å². The van der Waals surface area contributed by atoms with Crippen LogP contribution >= 0.6 is 0 Å². The largest absolute Gasteiger partial charge is 0.325 e. The molecule has 1 unspecified atom stereocenters. The first-order chi connectivity index (χ1) is 8.04. The highest BCUT2D eigenvalue weighted by molar-refractivity contribution is 5.94. The highest BCUT2D eigenvalue weighted by Gasteiger charge is 2.13. The Hall–Kier alpha value is -1.49. The second-order valence-electron chi connectivity index (χ2n) is 3.81. The molecular weight excluding hydrogens is 226 g/mol. The molecule has 0 aliphatic rings. The summed E-state index contributed by atoms with van der Waals surface area (Å²) in [5.74, 6) is -0.349. The van der Waals surface area contributed by atoms with Crippen molar-refractivity contribution in [1.82, 2.24) is 0 Å². The molecule has 0 saturated carbocycles. The quantitative estimate of drug-likeness (QED) is 0.834. The van der Waals surface area contributed by atoms with Crippen molar-refractivity contribution >= 4 is 11.6 Å². The van der Waals surface area contributed by atoms with Crippen LogP contribution in [0.15, 0.2) is 24.3 Å². The summed E-state index contributed by atoms with van der Waals surface area (Å²) in [6.45, 7) is 1.92. The summed E-state index contributed by atoms with van der Waals surface area (Å²) >= 11 is 0. The number of alkyl halides is 2. The summed E-state index contributed by atoms with van der Waals surface area (Å²) in [6, 6.07) is 4.99. The Balaban J connectivity index is 2.68. The van der Waals surface area contributed by atoms with Gasteiger partial charge in [-0.2, -0.15) is 0 Å². The Bertz CT molecular complexity index is 383. The van der Waals surface area contributed by atoms with Crippen LogP contribution in [0, 0.1) is 0 Å². The minimum Gasteiger partial charge on any atom is -0.325 e. The number of carbonyl (C=O) groups excluding carboxylic acids is 1. The number of rotatable bonds is 5. The van der Waals surface area contributed by atoms with Crippen molar-refractivity contribution in [3.8, 4) is 0 Å². The molecule has 1 rings (SSSR count). The van der Waals surface area contributed by atoms with Gasteiger partial charge in [-0.25, -0.2) is 8.78 Å². The zero-order valence-electron chi connectivity index (χ0n) is 9.62. The number of hydrogen-bond acceptors (Lipinski definition) is 2. The molecule has 0 fully saturated rings. The topological polar surface area (TPSA) is 55.1 Å². The monoisotopic (exact) mass is 242 g/mol. The van der Waals surface area contributed by atoms with Crippen molar-refractivity contribution in [3.63, 3.8) is 0 Å². The fraction of sp³-hybridized carbons (Fsp3) is 0.417.